The van der Waals surface area contributed by atoms with Crippen molar-refractivity contribution in [1.82, 2.24) is 10.6 Å². The van der Waals surface area contributed by atoms with Crippen molar-refractivity contribution in [3.63, 3.8) is 0 Å². The summed E-state index contributed by atoms with van der Waals surface area (Å²) in [6.07, 6.45) is 6.91. The number of carboxylic acids is 1. The zero-order valence-corrected chi connectivity index (χ0v) is 13.1. The Kier molecular flexibility index (Phi) is 5.48. The molecule has 5 nitrogen and oxygen atoms in total. The molecule has 2 aliphatic rings. The van der Waals surface area contributed by atoms with Gasteiger partial charge in [0.1, 0.15) is 0 Å². The van der Waals surface area contributed by atoms with Gasteiger partial charge in [-0.15, -0.1) is 0 Å². The fourth-order valence-corrected chi connectivity index (χ4v) is 3.94. The molecule has 2 fully saturated rings. The van der Waals surface area contributed by atoms with Gasteiger partial charge in [-0.05, 0) is 37.5 Å². The van der Waals surface area contributed by atoms with E-state index >= 15 is 0 Å². The molecular weight excluding hydrogens is 268 g/mol. The quantitative estimate of drug-likeness (QED) is 0.746. The van der Waals surface area contributed by atoms with Crippen molar-refractivity contribution < 1.29 is 14.7 Å². The van der Waals surface area contributed by atoms with Crippen LogP contribution in [-0.2, 0) is 4.79 Å². The lowest BCUT2D eigenvalue weighted by Gasteiger charge is -2.35. The topological polar surface area (TPSA) is 78.4 Å². The molecule has 0 spiro atoms. The summed E-state index contributed by atoms with van der Waals surface area (Å²) in [5.41, 5.74) is 0. The van der Waals surface area contributed by atoms with Crippen molar-refractivity contribution in [2.24, 2.45) is 17.8 Å². The molecule has 2 rings (SSSR count). The van der Waals surface area contributed by atoms with E-state index in [1.807, 2.05) is 0 Å². The summed E-state index contributed by atoms with van der Waals surface area (Å²) in [5.74, 6) is -0.129. The molecule has 0 saturated heterocycles. The van der Waals surface area contributed by atoms with Crippen LogP contribution in [0.5, 0.6) is 0 Å². The van der Waals surface area contributed by atoms with Gasteiger partial charge < -0.3 is 15.7 Å². The lowest BCUT2D eigenvalue weighted by Crippen LogP contribution is -2.51. The first-order valence-electron chi connectivity index (χ1n) is 8.29. The minimum Gasteiger partial charge on any atom is -0.481 e. The maximum Gasteiger partial charge on any atom is 0.315 e. The Labute approximate surface area is 126 Å². The van der Waals surface area contributed by atoms with Crippen molar-refractivity contribution >= 4 is 12.0 Å². The second-order valence-corrected chi connectivity index (χ2v) is 6.90. The van der Waals surface area contributed by atoms with E-state index in [0.29, 0.717) is 18.3 Å². The van der Waals surface area contributed by atoms with Gasteiger partial charge in [-0.2, -0.15) is 0 Å². The molecule has 4 unspecified atom stereocenters. The first-order chi connectivity index (χ1) is 9.99. The Morgan fingerprint density at radius 1 is 0.952 bits per heavy atom. The second kappa shape index (κ2) is 7.14. The van der Waals surface area contributed by atoms with Crippen LogP contribution in [0.15, 0.2) is 0 Å². The summed E-state index contributed by atoms with van der Waals surface area (Å²) >= 11 is 0. The van der Waals surface area contributed by atoms with E-state index in [0.717, 1.165) is 25.7 Å². The van der Waals surface area contributed by atoms with Crippen LogP contribution in [0, 0.1) is 17.8 Å². The Hall–Kier alpha value is -1.26. The van der Waals surface area contributed by atoms with Crippen LogP contribution in [-0.4, -0.2) is 29.2 Å². The summed E-state index contributed by atoms with van der Waals surface area (Å²) in [5, 5.41) is 15.1. The predicted octanol–water partition coefficient (Wildman–Crippen LogP) is 2.75. The summed E-state index contributed by atoms with van der Waals surface area (Å²) in [6.45, 7) is 4.42. The molecule has 120 valence electrons. The number of rotatable bonds is 4. The molecule has 2 saturated carbocycles. The van der Waals surface area contributed by atoms with E-state index in [1.165, 1.54) is 12.8 Å². The highest BCUT2D eigenvalue weighted by atomic mass is 16.4. The van der Waals surface area contributed by atoms with E-state index in [1.54, 1.807) is 0 Å². The normalized spacial score (nSPS) is 32.9. The zero-order valence-electron chi connectivity index (χ0n) is 13.1. The van der Waals surface area contributed by atoms with Crippen LogP contribution in [0.2, 0.25) is 0 Å². The van der Waals surface area contributed by atoms with Crippen molar-refractivity contribution in [3.05, 3.63) is 0 Å². The highest BCUT2D eigenvalue weighted by Gasteiger charge is 2.35. The average Bonchev–Trinajstić information content (AvgIpc) is 2.87. The number of urea groups is 1. The number of hydrogen-bond donors (Lipinski definition) is 3. The molecule has 0 radical (unpaired) electrons. The maximum absolute atomic E-state index is 12.2. The second-order valence-electron chi connectivity index (χ2n) is 6.90. The van der Waals surface area contributed by atoms with Crippen LogP contribution in [0.1, 0.15) is 58.8 Å². The van der Waals surface area contributed by atoms with Gasteiger partial charge in [-0.1, -0.05) is 33.1 Å². The molecule has 2 amide bonds. The highest BCUT2D eigenvalue weighted by Crippen LogP contribution is 2.30. The molecular formula is C16H28N2O3. The predicted molar refractivity (Wildman–Crippen MR) is 81.0 cm³/mol. The Morgan fingerprint density at radius 2 is 1.57 bits per heavy atom. The minimum absolute atomic E-state index is 0.189. The molecule has 5 heteroatoms. The molecule has 0 heterocycles. The number of aliphatic carboxylic acids is 1. The first-order valence-corrected chi connectivity index (χ1v) is 8.29. The lowest BCUT2D eigenvalue weighted by atomic mass is 9.78. The minimum atomic E-state index is -0.796. The highest BCUT2D eigenvalue weighted by molar-refractivity contribution is 5.77. The number of hydrogen-bond acceptors (Lipinski definition) is 2. The summed E-state index contributed by atoms with van der Waals surface area (Å²) < 4.78 is 0. The van der Waals surface area contributed by atoms with Crippen LogP contribution < -0.4 is 10.6 Å². The van der Waals surface area contributed by atoms with Crippen molar-refractivity contribution in [3.8, 4) is 0 Å². The molecule has 21 heavy (non-hydrogen) atoms. The van der Waals surface area contributed by atoms with Crippen molar-refractivity contribution in [2.75, 3.05) is 0 Å². The van der Waals surface area contributed by atoms with Gasteiger partial charge >= 0.3 is 12.0 Å². The smallest absolute Gasteiger partial charge is 0.315 e. The molecule has 2 aliphatic carbocycles. The van der Waals surface area contributed by atoms with Gasteiger partial charge in [0, 0.05) is 12.1 Å². The van der Waals surface area contributed by atoms with Crippen LogP contribution in [0.3, 0.4) is 0 Å². The van der Waals surface area contributed by atoms with E-state index in [-0.39, 0.29) is 18.1 Å². The van der Waals surface area contributed by atoms with Crippen molar-refractivity contribution in [2.45, 2.75) is 70.9 Å². The standard InChI is InChI=1S/C16H28N2O3/c1-10(2)11-6-3-4-8-13(11)17-16(21)18-14-9-5-7-12(14)15(19)20/h10-14H,3-9H2,1-2H3,(H,19,20)(H2,17,18,21). The third-order valence-electron chi connectivity index (χ3n) is 5.14. The van der Waals surface area contributed by atoms with Crippen molar-refractivity contribution in [1.29, 1.82) is 0 Å². The lowest BCUT2D eigenvalue weighted by molar-refractivity contribution is -0.142. The fraction of sp³-hybridized carbons (Fsp3) is 0.875. The van der Waals surface area contributed by atoms with Crippen LogP contribution >= 0.6 is 0 Å². The van der Waals surface area contributed by atoms with Gasteiger partial charge in [-0.25, -0.2) is 4.79 Å². The number of carbonyl (C=O) groups excluding carboxylic acids is 1. The number of carboxylic acid groups (broad SMARTS) is 1. The van der Waals surface area contributed by atoms with Gasteiger partial charge in [0.2, 0.25) is 0 Å². The summed E-state index contributed by atoms with van der Waals surface area (Å²) in [6, 6.07) is -0.183. The number of amides is 2. The Balaban J connectivity index is 1.87. The molecule has 0 bridgehead atoms. The van der Waals surface area contributed by atoms with Gasteiger partial charge in [0.25, 0.3) is 0 Å². The molecule has 0 aromatic rings. The largest absolute Gasteiger partial charge is 0.481 e. The maximum atomic E-state index is 12.2. The number of carbonyl (C=O) groups is 2. The summed E-state index contributed by atoms with van der Waals surface area (Å²) in [7, 11) is 0. The monoisotopic (exact) mass is 296 g/mol. The van der Waals surface area contributed by atoms with E-state index < -0.39 is 11.9 Å². The van der Waals surface area contributed by atoms with Gasteiger partial charge in [-0.3, -0.25) is 4.79 Å². The Bertz CT molecular complexity index is 384. The van der Waals surface area contributed by atoms with E-state index in [9.17, 15) is 9.59 Å². The molecule has 0 aliphatic heterocycles. The van der Waals surface area contributed by atoms with Gasteiger partial charge in [0.05, 0.1) is 5.92 Å². The average molecular weight is 296 g/mol. The number of nitrogens with one attached hydrogen (secondary N) is 2. The third kappa shape index (κ3) is 4.11. The van der Waals surface area contributed by atoms with Gasteiger partial charge in [0.15, 0.2) is 0 Å². The third-order valence-corrected chi connectivity index (χ3v) is 5.14. The SMILES string of the molecule is CC(C)C1CCCCC1NC(=O)NC1CCCC1C(=O)O. The molecule has 0 aromatic carbocycles. The Morgan fingerprint density at radius 3 is 2.24 bits per heavy atom. The molecule has 0 aromatic heterocycles. The fourth-order valence-electron chi connectivity index (χ4n) is 3.94. The van der Waals surface area contributed by atoms with Crippen LogP contribution in [0.4, 0.5) is 4.79 Å². The van der Waals surface area contributed by atoms with E-state index in [2.05, 4.69) is 24.5 Å². The van der Waals surface area contributed by atoms with E-state index in [4.69, 9.17) is 5.11 Å². The molecule has 3 N–H and O–H groups in total. The zero-order chi connectivity index (χ0) is 15.4. The van der Waals surface area contributed by atoms with Crippen LogP contribution in [0.25, 0.3) is 0 Å². The first kappa shape index (κ1) is 16.1. The molecule has 4 atom stereocenters. The summed E-state index contributed by atoms with van der Waals surface area (Å²) in [4.78, 5) is 23.3.